The molecule has 0 spiro atoms. The zero-order valence-corrected chi connectivity index (χ0v) is 12.9. The van der Waals surface area contributed by atoms with Gasteiger partial charge in [0, 0.05) is 0 Å². The molecule has 0 unspecified atom stereocenters. The van der Waals surface area contributed by atoms with Crippen molar-refractivity contribution in [1.29, 1.82) is 0 Å². The van der Waals surface area contributed by atoms with E-state index in [9.17, 15) is 0 Å². The Morgan fingerprint density at radius 1 is 1.18 bits per heavy atom. The Kier molecular flexibility index (Phi) is 13.0. The van der Waals surface area contributed by atoms with Crippen LogP contribution in [0.15, 0.2) is 12.4 Å². The maximum absolute atomic E-state index is 2.39. The van der Waals surface area contributed by atoms with Crippen molar-refractivity contribution in [2.45, 2.75) is 0 Å². The molecule has 0 saturated carbocycles. The monoisotopic (exact) mass is 562 g/mol. The second kappa shape index (κ2) is 9.54. The van der Waals surface area contributed by atoms with Gasteiger partial charge in [-0.15, -0.1) is 0 Å². The molecule has 0 aromatic carbocycles. The molecule has 3 nitrogen and oxygen atoms in total. The molecule has 0 bridgehead atoms. The zero-order valence-electron chi connectivity index (χ0n) is 6.28. The number of rotatable bonds is 0. The van der Waals surface area contributed by atoms with Crippen molar-refractivity contribution in [2.24, 2.45) is 0 Å². The van der Waals surface area contributed by atoms with Gasteiger partial charge >= 0.3 is 49.9 Å². The van der Waals surface area contributed by atoms with Gasteiger partial charge in [0.1, 0.15) is 0 Å². The van der Waals surface area contributed by atoms with E-state index in [1.165, 1.54) is 0 Å². The van der Waals surface area contributed by atoms with Crippen LogP contribution in [0.5, 0.6) is 0 Å². The first-order valence-electron chi connectivity index (χ1n) is 2.50. The van der Waals surface area contributed by atoms with Crippen molar-refractivity contribution in [2.75, 3.05) is 14.1 Å². The zero-order chi connectivity index (χ0) is 7.98. The summed E-state index contributed by atoms with van der Waals surface area (Å²) in [6, 6.07) is 0. The Morgan fingerprint density at radius 2 is 1.45 bits per heavy atom. The molecule has 0 saturated heterocycles. The van der Waals surface area contributed by atoms with Gasteiger partial charge < -0.3 is 16.0 Å². The second-order valence-electron chi connectivity index (χ2n) is 1.79. The smallest absolute Gasteiger partial charge is 0.693 e. The minimum Gasteiger partial charge on any atom is -0.693 e. The summed E-state index contributed by atoms with van der Waals surface area (Å²) in [6.45, 7) is 2.00. The van der Waals surface area contributed by atoms with Crippen LogP contribution in [0.4, 0.5) is 0 Å². The van der Waals surface area contributed by atoms with Crippen LogP contribution in [0, 0.1) is 6.67 Å². The van der Waals surface area contributed by atoms with Crippen molar-refractivity contribution < 1.29 is 11.2 Å². The third-order valence-electron chi connectivity index (χ3n) is 0.901. The van der Waals surface area contributed by atoms with Gasteiger partial charge in [0.05, 0.1) is 0 Å². The predicted molar refractivity (Wildman–Crippen MR) is 62.3 cm³/mol. The van der Waals surface area contributed by atoms with Gasteiger partial charge in [-0.2, -0.15) is 6.67 Å². The van der Waals surface area contributed by atoms with Crippen LogP contribution in [-0.2, 0) is 11.2 Å². The molecule has 6 heteroatoms. The van der Waals surface area contributed by atoms with Crippen molar-refractivity contribution in [3.63, 3.8) is 0 Å². The maximum atomic E-state index is 2.39. The van der Waals surface area contributed by atoms with Gasteiger partial charge in [-0.05, 0) is 26.5 Å². The molecular formula is C5H11I2N3Pt. The van der Waals surface area contributed by atoms with E-state index < -0.39 is 0 Å². The largest absolute Gasteiger partial charge is 0.693 e. The van der Waals surface area contributed by atoms with Gasteiger partial charge in [-0.1, -0.05) is 0 Å². The summed E-state index contributed by atoms with van der Waals surface area (Å²) in [5.41, 5.74) is 0. The molecule has 2 N–H and O–H groups in total. The Hall–Kier alpha value is 1.45. The molecule has 70 valence electrons. The Morgan fingerprint density at radius 3 is 1.55 bits per heavy atom. The Bertz CT molecular complexity index is 102. The third kappa shape index (κ3) is 9.36. The van der Waals surface area contributed by atoms with E-state index in [1.807, 2.05) is 43.0 Å². The quantitative estimate of drug-likeness (QED) is 0.337. The van der Waals surface area contributed by atoms with Gasteiger partial charge in [0.15, 0.2) is 0 Å². The SMILES string of the molecule is CN1C=CN(C)[CH-]1.[I][Pt+2][I].[NH2-]. The normalized spacial score (nSPS) is 14.2. The first-order valence-corrected chi connectivity index (χ1v) is 15.4. The van der Waals surface area contributed by atoms with Crippen LogP contribution < -0.4 is 0 Å². The molecule has 0 atom stereocenters. The second-order valence-corrected chi connectivity index (χ2v) is 18.4. The van der Waals surface area contributed by atoms with E-state index >= 15 is 0 Å². The molecule has 0 aliphatic carbocycles. The van der Waals surface area contributed by atoms with E-state index in [2.05, 4.69) is 38.7 Å². The van der Waals surface area contributed by atoms with Gasteiger partial charge in [0.2, 0.25) is 0 Å². The summed E-state index contributed by atoms with van der Waals surface area (Å²) in [7, 11) is 4.00. The fourth-order valence-corrected chi connectivity index (χ4v) is 0.575. The van der Waals surface area contributed by atoms with E-state index in [4.69, 9.17) is 0 Å². The standard InChI is InChI=1S/C5H9N2.2HI.H2N.Pt/c1-6-3-4-7(2)5-6;;;;/h3-5H,1-2H3;2*1H;1H2;/q-1;;;-1;+4/p-2. The van der Waals surface area contributed by atoms with E-state index in [0.29, 0.717) is 11.2 Å². The van der Waals surface area contributed by atoms with Crippen LogP contribution in [-0.4, -0.2) is 23.9 Å². The summed E-state index contributed by atoms with van der Waals surface area (Å²) >= 11 is 5.30. The Labute approximate surface area is 97.7 Å². The molecule has 0 fully saturated rings. The van der Waals surface area contributed by atoms with Crippen LogP contribution in [0.3, 0.4) is 0 Å². The van der Waals surface area contributed by atoms with Crippen molar-refractivity contribution in [1.82, 2.24) is 9.80 Å². The minimum absolute atomic E-state index is 0. The molecule has 11 heavy (non-hydrogen) atoms. The molecule has 1 aliphatic heterocycles. The van der Waals surface area contributed by atoms with Gasteiger partial charge in [0.25, 0.3) is 0 Å². The molecule has 0 radical (unpaired) electrons. The summed E-state index contributed by atoms with van der Waals surface area (Å²) < 4.78 is 0. The predicted octanol–water partition coefficient (Wildman–Crippen LogP) is 2.94. The Balaban J connectivity index is 0. The molecule has 0 aromatic rings. The van der Waals surface area contributed by atoms with E-state index in [1.54, 1.807) is 0 Å². The summed E-state index contributed by atoms with van der Waals surface area (Å²) in [5, 5.41) is 0. The maximum Gasteiger partial charge on any atom is -0.693 e. The van der Waals surface area contributed by atoms with Crippen LogP contribution >= 0.6 is 38.7 Å². The fourth-order valence-electron chi connectivity index (χ4n) is 0.575. The summed E-state index contributed by atoms with van der Waals surface area (Å²) in [5.74, 6) is 0. The molecule has 0 amide bonds. The average Bonchev–Trinajstić information content (AvgIpc) is 2.17. The van der Waals surface area contributed by atoms with Crippen LogP contribution in [0.2, 0.25) is 0 Å². The summed E-state index contributed by atoms with van der Waals surface area (Å²) in [4.78, 5) is 4.00. The number of hydrogen-bond donors (Lipinski definition) is 0. The van der Waals surface area contributed by atoms with Gasteiger partial charge in [-0.3, -0.25) is 0 Å². The van der Waals surface area contributed by atoms with Crippen LogP contribution in [0.25, 0.3) is 6.15 Å². The van der Waals surface area contributed by atoms with Crippen molar-refractivity contribution >= 4 is 38.7 Å². The van der Waals surface area contributed by atoms with Crippen molar-refractivity contribution in [3.8, 4) is 0 Å². The molecule has 1 heterocycles. The van der Waals surface area contributed by atoms with E-state index in [-0.39, 0.29) is 6.15 Å². The fraction of sp³-hybridized carbons (Fsp3) is 0.400. The molecule has 1 rings (SSSR count). The van der Waals surface area contributed by atoms with Crippen molar-refractivity contribution in [3.05, 3.63) is 25.2 Å². The first-order chi connectivity index (χ1) is 4.70. The topological polar surface area (TPSA) is 40.0 Å². The minimum atomic E-state index is 0. The number of hydrogen-bond acceptors (Lipinski definition) is 2. The third-order valence-corrected chi connectivity index (χ3v) is 0.901. The molecular weight excluding hydrogens is 551 g/mol. The van der Waals surface area contributed by atoms with Crippen LogP contribution in [0.1, 0.15) is 0 Å². The number of halogens is 2. The first kappa shape index (κ1) is 14.9. The molecule has 0 aromatic heterocycles. The van der Waals surface area contributed by atoms with E-state index in [0.717, 1.165) is 0 Å². The number of nitrogens with zero attached hydrogens (tertiary/aromatic N) is 2. The van der Waals surface area contributed by atoms with Gasteiger partial charge in [-0.25, -0.2) is 0 Å². The molecule has 1 aliphatic rings. The summed E-state index contributed by atoms with van der Waals surface area (Å²) in [6.07, 6.45) is 4.00. The average molecular weight is 562 g/mol. The number of nitrogens with two attached hydrogens (primary N) is 1.